The summed E-state index contributed by atoms with van der Waals surface area (Å²) in [5.41, 5.74) is 1.31. The largest absolute Gasteiger partial charge is 0.381 e. The number of benzene rings is 1. The number of amides is 1. The quantitative estimate of drug-likeness (QED) is 0.860. The summed E-state index contributed by atoms with van der Waals surface area (Å²) in [7, 11) is 0. The zero-order valence-corrected chi connectivity index (χ0v) is 10.6. The van der Waals surface area contributed by atoms with Gasteiger partial charge in [-0.2, -0.15) is 5.26 Å². The number of carbonyl (C=O) groups excluding carboxylic acids is 1. The molecule has 1 amide bonds. The van der Waals surface area contributed by atoms with Crippen LogP contribution < -0.4 is 10.6 Å². The van der Waals surface area contributed by atoms with Gasteiger partial charge in [-0.25, -0.2) is 0 Å². The average Bonchev–Trinajstić information content (AvgIpc) is 2.56. The van der Waals surface area contributed by atoms with Crippen LogP contribution in [-0.4, -0.2) is 18.5 Å². The molecule has 1 aromatic carbocycles. The predicted octanol–water partition coefficient (Wildman–Crippen LogP) is 2.29. The van der Waals surface area contributed by atoms with Gasteiger partial charge in [0.25, 0.3) is 0 Å². The van der Waals surface area contributed by atoms with Crippen molar-refractivity contribution in [3.63, 3.8) is 0 Å². The van der Waals surface area contributed by atoms with Gasteiger partial charge in [-0.05, 0) is 31.0 Å². The number of nitrogens with one attached hydrogen (secondary N) is 2. The van der Waals surface area contributed by atoms with Crippen molar-refractivity contribution in [3.05, 3.63) is 28.8 Å². The molecule has 1 saturated heterocycles. The van der Waals surface area contributed by atoms with E-state index >= 15 is 0 Å². The van der Waals surface area contributed by atoms with Gasteiger partial charge in [0.1, 0.15) is 0 Å². The van der Waals surface area contributed by atoms with E-state index in [9.17, 15) is 4.79 Å². The van der Waals surface area contributed by atoms with Gasteiger partial charge >= 0.3 is 0 Å². The van der Waals surface area contributed by atoms with E-state index in [1.165, 1.54) is 0 Å². The Labute approximate surface area is 111 Å². The molecule has 2 rings (SSSR count). The molecule has 1 atom stereocenters. The molecule has 0 spiro atoms. The van der Waals surface area contributed by atoms with E-state index in [2.05, 4.69) is 10.6 Å². The SMILES string of the molecule is N#Cc1ccc(NC2CCCNC(=O)C2)c(Cl)c1. The maximum absolute atomic E-state index is 11.4. The molecule has 1 unspecified atom stereocenters. The smallest absolute Gasteiger partial charge is 0.222 e. The fourth-order valence-electron chi connectivity index (χ4n) is 2.02. The van der Waals surface area contributed by atoms with Crippen LogP contribution in [0.4, 0.5) is 5.69 Å². The van der Waals surface area contributed by atoms with Crippen molar-refractivity contribution < 1.29 is 4.79 Å². The monoisotopic (exact) mass is 263 g/mol. The minimum Gasteiger partial charge on any atom is -0.381 e. The van der Waals surface area contributed by atoms with Crippen LogP contribution in [0.15, 0.2) is 18.2 Å². The molecule has 0 radical (unpaired) electrons. The summed E-state index contributed by atoms with van der Waals surface area (Å²) < 4.78 is 0. The van der Waals surface area contributed by atoms with E-state index < -0.39 is 0 Å². The Kier molecular flexibility index (Phi) is 4.06. The van der Waals surface area contributed by atoms with Crippen LogP contribution in [0, 0.1) is 11.3 Å². The molecule has 0 aliphatic carbocycles. The van der Waals surface area contributed by atoms with Gasteiger partial charge in [-0.3, -0.25) is 4.79 Å². The number of rotatable bonds is 2. The van der Waals surface area contributed by atoms with Gasteiger partial charge in [-0.1, -0.05) is 11.6 Å². The number of carbonyl (C=O) groups is 1. The first-order valence-electron chi connectivity index (χ1n) is 5.92. The van der Waals surface area contributed by atoms with E-state index in [0.29, 0.717) is 17.0 Å². The molecule has 94 valence electrons. The molecule has 2 N–H and O–H groups in total. The number of hydrogen-bond acceptors (Lipinski definition) is 3. The lowest BCUT2D eigenvalue weighted by molar-refractivity contribution is -0.120. The van der Waals surface area contributed by atoms with Crippen molar-refractivity contribution in [1.82, 2.24) is 5.32 Å². The second-order valence-electron chi connectivity index (χ2n) is 4.34. The lowest BCUT2D eigenvalue weighted by Crippen LogP contribution is -2.26. The molecule has 18 heavy (non-hydrogen) atoms. The van der Waals surface area contributed by atoms with Crippen LogP contribution in [0.2, 0.25) is 5.02 Å². The zero-order valence-electron chi connectivity index (χ0n) is 9.87. The Bertz CT molecular complexity index is 495. The van der Waals surface area contributed by atoms with E-state index in [1.54, 1.807) is 18.2 Å². The van der Waals surface area contributed by atoms with Gasteiger partial charge in [0.15, 0.2) is 0 Å². The molecule has 1 aliphatic rings. The van der Waals surface area contributed by atoms with Gasteiger partial charge in [-0.15, -0.1) is 0 Å². The first-order chi connectivity index (χ1) is 8.69. The summed E-state index contributed by atoms with van der Waals surface area (Å²) in [6.07, 6.45) is 2.34. The summed E-state index contributed by atoms with van der Waals surface area (Å²) in [6.45, 7) is 0.734. The number of anilines is 1. The molecule has 5 heteroatoms. The third-order valence-electron chi connectivity index (χ3n) is 2.94. The number of hydrogen-bond donors (Lipinski definition) is 2. The van der Waals surface area contributed by atoms with Crippen molar-refractivity contribution in [1.29, 1.82) is 5.26 Å². The van der Waals surface area contributed by atoms with Crippen LogP contribution in [0.5, 0.6) is 0 Å². The van der Waals surface area contributed by atoms with E-state index in [0.717, 1.165) is 25.1 Å². The van der Waals surface area contributed by atoms with Crippen molar-refractivity contribution in [2.24, 2.45) is 0 Å². The van der Waals surface area contributed by atoms with Crippen LogP contribution in [-0.2, 0) is 4.79 Å². The van der Waals surface area contributed by atoms with Gasteiger partial charge in [0.2, 0.25) is 5.91 Å². The van der Waals surface area contributed by atoms with Crippen molar-refractivity contribution in [2.75, 3.05) is 11.9 Å². The third kappa shape index (κ3) is 3.14. The second-order valence-corrected chi connectivity index (χ2v) is 4.75. The number of nitrogens with zero attached hydrogens (tertiary/aromatic N) is 1. The third-order valence-corrected chi connectivity index (χ3v) is 3.25. The molecule has 0 aromatic heterocycles. The Morgan fingerprint density at radius 1 is 1.50 bits per heavy atom. The Morgan fingerprint density at radius 3 is 3.06 bits per heavy atom. The van der Waals surface area contributed by atoms with Crippen LogP contribution in [0.25, 0.3) is 0 Å². The van der Waals surface area contributed by atoms with E-state index in [1.807, 2.05) is 6.07 Å². The van der Waals surface area contributed by atoms with Gasteiger partial charge in [0, 0.05) is 19.0 Å². The normalized spacial score (nSPS) is 19.6. The Hall–Kier alpha value is -1.73. The lowest BCUT2D eigenvalue weighted by atomic mass is 10.1. The highest BCUT2D eigenvalue weighted by atomic mass is 35.5. The van der Waals surface area contributed by atoms with Crippen molar-refractivity contribution >= 4 is 23.2 Å². The van der Waals surface area contributed by atoms with E-state index in [-0.39, 0.29) is 11.9 Å². The summed E-state index contributed by atoms with van der Waals surface area (Å²) >= 11 is 6.09. The van der Waals surface area contributed by atoms with Crippen LogP contribution in [0.3, 0.4) is 0 Å². The average molecular weight is 264 g/mol. The number of nitriles is 1. The Balaban J connectivity index is 2.08. The minimum absolute atomic E-state index is 0.0646. The second kappa shape index (κ2) is 5.74. The van der Waals surface area contributed by atoms with Crippen LogP contribution >= 0.6 is 11.6 Å². The molecule has 1 aromatic rings. The highest BCUT2D eigenvalue weighted by Crippen LogP contribution is 2.25. The molecule has 1 heterocycles. The van der Waals surface area contributed by atoms with Crippen LogP contribution in [0.1, 0.15) is 24.8 Å². The number of halogens is 1. The van der Waals surface area contributed by atoms with Gasteiger partial charge < -0.3 is 10.6 Å². The summed E-state index contributed by atoms with van der Waals surface area (Å²) in [4.78, 5) is 11.4. The van der Waals surface area contributed by atoms with Crippen molar-refractivity contribution in [2.45, 2.75) is 25.3 Å². The standard InChI is InChI=1S/C13H14ClN3O/c14-11-6-9(8-15)3-4-12(11)17-10-2-1-5-16-13(18)7-10/h3-4,6,10,17H,1-2,5,7H2,(H,16,18). The molecular formula is C13H14ClN3O. The lowest BCUT2D eigenvalue weighted by Gasteiger charge is -2.17. The molecule has 0 saturated carbocycles. The maximum atomic E-state index is 11.4. The highest BCUT2D eigenvalue weighted by molar-refractivity contribution is 6.33. The molecule has 0 bridgehead atoms. The zero-order chi connectivity index (χ0) is 13.0. The molecular weight excluding hydrogens is 250 g/mol. The van der Waals surface area contributed by atoms with Crippen molar-refractivity contribution in [3.8, 4) is 6.07 Å². The summed E-state index contributed by atoms with van der Waals surface area (Å²) in [5.74, 6) is 0.0646. The summed E-state index contributed by atoms with van der Waals surface area (Å²) in [6, 6.07) is 7.26. The fourth-order valence-corrected chi connectivity index (χ4v) is 2.25. The fraction of sp³-hybridized carbons (Fsp3) is 0.385. The maximum Gasteiger partial charge on any atom is 0.222 e. The van der Waals surface area contributed by atoms with E-state index in [4.69, 9.17) is 16.9 Å². The minimum atomic E-state index is 0.0646. The Morgan fingerprint density at radius 2 is 2.33 bits per heavy atom. The highest BCUT2D eigenvalue weighted by Gasteiger charge is 2.17. The molecule has 1 fully saturated rings. The topological polar surface area (TPSA) is 64.9 Å². The first-order valence-corrected chi connectivity index (χ1v) is 6.29. The molecule has 4 nitrogen and oxygen atoms in total. The molecule has 1 aliphatic heterocycles. The predicted molar refractivity (Wildman–Crippen MR) is 70.4 cm³/mol. The van der Waals surface area contributed by atoms with Gasteiger partial charge in [0.05, 0.1) is 22.3 Å². The first kappa shape index (κ1) is 12.7. The summed E-state index contributed by atoms with van der Waals surface area (Å²) in [5, 5.41) is 15.4.